The van der Waals surface area contributed by atoms with Gasteiger partial charge in [-0.1, -0.05) is 12.1 Å². The van der Waals surface area contributed by atoms with E-state index in [0.717, 1.165) is 38.0 Å². The highest BCUT2D eigenvalue weighted by Gasteiger charge is 2.17. The lowest BCUT2D eigenvalue weighted by molar-refractivity contribution is 0.0668. The number of β-amino-alcohol motifs (C(OH)–C–C–N with tert-alkyl or cyclic N) is 1. The Morgan fingerprint density at radius 1 is 1.50 bits per heavy atom. The summed E-state index contributed by atoms with van der Waals surface area (Å²) in [5.74, 6) is -0.151. The second kappa shape index (κ2) is 4.93. The maximum Gasteiger partial charge on any atom is 0.126 e. The third kappa shape index (κ3) is 2.80. The molecule has 3 heteroatoms. The van der Waals surface area contributed by atoms with Crippen molar-refractivity contribution in [1.82, 2.24) is 4.90 Å². The summed E-state index contributed by atoms with van der Waals surface area (Å²) in [4.78, 5) is 2.22. The summed E-state index contributed by atoms with van der Waals surface area (Å²) in [6.45, 7) is 4.34. The first-order valence-electron chi connectivity index (χ1n) is 5.80. The van der Waals surface area contributed by atoms with Gasteiger partial charge in [-0.25, -0.2) is 4.39 Å². The predicted molar refractivity (Wildman–Crippen MR) is 61.7 cm³/mol. The minimum atomic E-state index is -0.199. The number of nitrogens with zero attached hydrogens (tertiary/aromatic N) is 1. The Labute approximate surface area is 95.7 Å². The van der Waals surface area contributed by atoms with Crippen LogP contribution >= 0.6 is 0 Å². The largest absolute Gasteiger partial charge is 0.392 e. The lowest BCUT2D eigenvalue weighted by Gasteiger charge is -2.30. The van der Waals surface area contributed by atoms with Crippen LogP contribution in [0, 0.1) is 12.7 Å². The molecule has 1 aromatic rings. The maximum absolute atomic E-state index is 13.1. The van der Waals surface area contributed by atoms with Gasteiger partial charge in [0.2, 0.25) is 0 Å². The van der Waals surface area contributed by atoms with E-state index in [1.165, 1.54) is 6.07 Å². The van der Waals surface area contributed by atoms with Gasteiger partial charge in [-0.05, 0) is 43.5 Å². The Kier molecular flexibility index (Phi) is 3.56. The zero-order chi connectivity index (χ0) is 11.5. The Bertz CT molecular complexity index is 367. The number of benzene rings is 1. The monoisotopic (exact) mass is 223 g/mol. The summed E-state index contributed by atoms with van der Waals surface area (Å²) >= 11 is 0. The molecule has 0 aliphatic carbocycles. The number of aliphatic hydroxyl groups is 1. The van der Waals surface area contributed by atoms with E-state index in [9.17, 15) is 9.50 Å². The molecule has 0 unspecified atom stereocenters. The zero-order valence-electron chi connectivity index (χ0n) is 9.62. The number of piperidine rings is 1. The van der Waals surface area contributed by atoms with E-state index in [1.54, 1.807) is 6.92 Å². The van der Waals surface area contributed by atoms with Crippen LogP contribution in [0.25, 0.3) is 0 Å². The third-order valence-corrected chi connectivity index (χ3v) is 3.11. The number of hydrogen-bond donors (Lipinski definition) is 1. The molecule has 0 amide bonds. The fourth-order valence-corrected chi connectivity index (χ4v) is 2.24. The fourth-order valence-electron chi connectivity index (χ4n) is 2.24. The number of hydrogen-bond acceptors (Lipinski definition) is 2. The summed E-state index contributed by atoms with van der Waals surface area (Å²) in [6.07, 6.45) is 1.75. The molecule has 0 aromatic heterocycles. The number of aryl methyl sites for hydroxylation is 1. The van der Waals surface area contributed by atoms with Gasteiger partial charge in [0.1, 0.15) is 5.82 Å². The summed E-state index contributed by atoms with van der Waals surface area (Å²) in [6, 6.07) is 5.23. The number of rotatable bonds is 2. The van der Waals surface area contributed by atoms with Crippen molar-refractivity contribution < 1.29 is 9.50 Å². The van der Waals surface area contributed by atoms with Crippen LogP contribution < -0.4 is 0 Å². The highest BCUT2D eigenvalue weighted by molar-refractivity contribution is 5.23. The van der Waals surface area contributed by atoms with Crippen molar-refractivity contribution in [3.8, 4) is 0 Å². The van der Waals surface area contributed by atoms with Gasteiger partial charge in [-0.15, -0.1) is 0 Å². The van der Waals surface area contributed by atoms with E-state index in [0.29, 0.717) is 5.56 Å². The molecule has 88 valence electrons. The predicted octanol–water partition coefficient (Wildman–Crippen LogP) is 2.09. The van der Waals surface area contributed by atoms with Gasteiger partial charge in [-0.3, -0.25) is 4.90 Å². The maximum atomic E-state index is 13.1. The SMILES string of the molecule is Cc1cc(CN2CCC[C@H](O)C2)ccc1F. The Morgan fingerprint density at radius 2 is 2.31 bits per heavy atom. The van der Waals surface area contributed by atoms with Crippen molar-refractivity contribution in [3.05, 3.63) is 35.1 Å². The molecular formula is C13H18FNO. The molecule has 1 aliphatic heterocycles. The molecule has 0 spiro atoms. The molecule has 0 bridgehead atoms. The fraction of sp³-hybridized carbons (Fsp3) is 0.538. The molecule has 1 saturated heterocycles. The first-order valence-corrected chi connectivity index (χ1v) is 5.80. The van der Waals surface area contributed by atoms with Crippen LogP contribution in [0.2, 0.25) is 0 Å². The molecule has 0 saturated carbocycles. The van der Waals surface area contributed by atoms with Gasteiger partial charge in [0.25, 0.3) is 0 Å². The van der Waals surface area contributed by atoms with Crippen molar-refractivity contribution in [3.63, 3.8) is 0 Å². The van der Waals surface area contributed by atoms with Crippen LogP contribution in [0.4, 0.5) is 4.39 Å². The molecule has 1 aliphatic rings. The first kappa shape index (κ1) is 11.6. The van der Waals surface area contributed by atoms with E-state index < -0.39 is 0 Å². The van der Waals surface area contributed by atoms with Gasteiger partial charge in [0.05, 0.1) is 6.10 Å². The smallest absolute Gasteiger partial charge is 0.126 e. The standard InChI is InChI=1S/C13H18FNO/c1-10-7-11(4-5-13(10)14)8-15-6-2-3-12(16)9-15/h4-5,7,12,16H,2-3,6,8-9H2,1H3/t12-/m0/s1. The Balaban J connectivity index is 2.00. The molecule has 2 rings (SSSR count). The average molecular weight is 223 g/mol. The van der Waals surface area contributed by atoms with E-state index in [2.05, 4.69) is 4.90 Å². The van der Waals surface area contributed by atoms with Crippen molar-refractivity contribution in [2.24, 2.45) is 0 Å². The van der Waals surface area contributed by atoms with Crippen LogP contribution in [0.3, 0.4) is 0 Å². The van der Waals surface area contributed by atoms with Crippen LogP contribution in [-0.2, 0) is 6.54 Å². The van der Waals surface area contributed by atoms with Crippen LogP contribution in [0.15, 0.2) is 18.2 Å². The van der Waals surface area contributed by atoms with E-state index in [4.69, 9.17) is 0 Å². The van der Waals surface area contributed by atoms with Crippen molar-refractivity contribution in [1.29, 1.82) is 0 Å². The molecule has 2 nitrogen and oxygen atoms in total. The quantitative estimate of drug-likeness (QED) is 0.830. The normalized spacial score (nSPS) is 22.3. The Hall–Kier alpha value is -0.930. The lowest BCUT2D eigenvalue weighted by atomic mass is 10.1. The van der Waals surface area contributed by atoms with Crippen molar-refractivity contribution in [2.45, 2.75) is 32.4 Å². The molecule has 1 aromatic carbocycles. The highest BCUT2D eigenvalue weighted by Crippen LogP contribution is 2.15. The molecular weight excluding hydrogens is 205 g/mol. The van der Waals surface area contributed by atoms with E-state index in [-0.39, 0.29) is 11.9 Å². The highest BCUT2D eigenvalue weighted by atomic mass is 19.1. The summed E-state index contributed by atoms with van der Waals surface area (Å²) in [5, 5.41) is 9.55. The second-order valence-corrected chi connectivity index (χ2v) is 4.61. The minimum Gasteiger partial charge on any atom is -0.392 e. The summed E-state index contributed by atoms with van der Waals surface area (Å²) in [7, 11) is 0. The van der Waals surface area contributed by atoms with Gasteiger partial charge < -0.3 is 5.11 Å². The third-order valence-electron chi connectivity index (χ3n) is 3.11. The van der Waals surface area contributed by atoms with Gasteiger partial charge in [0, 0.05) is 13.1 Å². The molecule has 0 radical (unpaired) electrons. The zero-order valence-corrected chi connectivity index (χ0v) is 9.62. The molecule has 1 atom stereocenters. The van der Waals surface area contributed by atoms with Crippen molar-refractivity contribution >= 4 is 0 Å². The summed E-state index contributed by atoms with van der Waals surface area (Å²) in [5.41, 5.74) is 1.81. The topological polar surface area (TPSA) is 23.5 Å². The molecule has 16 heavy (non-hydrogen) atoms. The van der Waals surface area contributed by atoms with Gasteiger partial charge in [-0.2, -0.15) is 0 Å². The number of likely N-dealkylation sites (tertiary alicyclic amines) is 1. The van der Waals surface area contributed by atoms with Crippen LogP contribution in [0.1, 0.15) is 24.0 Å². The minimum absolute atomic E-state index is 0.151. The molecule has 1 N–H and O–H groups in total. The molecule has 1 heterocycles. The van der Waals surface area contributed by atoms with Crippen molar-refractivity contribution in [2.75, 3.05) is 13.1 Å². The lowest BCUT2D eigenvalue weighted by Crippen LogP contribution is -2.37. The average Bonchev–Trinajstić information content (AvgIpc) is 2.24. The second-order valence-electron chi connectivity index (χ2n) is 4.61. The molecule has 1 fully saturated rings. The van der Waals surface area contributed by atoms with Gasteiger partial charge in [0.15, 0.2) is 0 Å². The first-order chi connectivity index (χ1) is 7.65. The number of halogens is 1. The van der Waals surface area contributed by atoms with Crippen LogP contribution in [-0.4, -0.2) is 29.2 Å². The number of aliphatic hydroxyl groups excluding tert-OH is 1. The van der Waals surface area contributed by atoms with E-state index >= 15 is 0 Å². The Morgan fingerprint density at radius 3 is 3.00 bits per heavy atom. The summed E-state index contributed by atoms with van der Waals surface area (Å²) < 4.78 is 13.1. The van der Waals surface area contributed by atoms with E-state index in [1.807, 2.05) is 12.1 Å². The van der Waals surface area contributed by atoms with Gasteiger partial charge >= 0.3 is 0 Å². The van der Waals surface area contributed by atoms with Crippen LogP contribution in [0.5, 0.6) is 0 Å².